The van der Waals surface area contributed by atoms with E-state index in [1.54, 1.807) is 22.3 Å². The van der Waals surface area contributed by atoms with E-state index in [4.69, 9.17) is 0 Å². The summed E-state index contributed by atoms with van der Waals surface area (Å²) in [5.74, 6) is 0. The fourth-order valence-electron chi connectivity index (χ4n) is 3.03. The zero-order valence-electron chi connectivity index (χ0n) is 22.9. The molecule has 2 aliphatic rings. The molecule has 2 aromatic rings. The van der Waals surface area contributed by atoms with Crippen LogP contribution < -0.4 is 11.1 Å². The molecule has 2 aliphatic carbocycles. The van der Waals surface area contributed by atoms with Gasteiger partial charge >= 0.3 is 0 Å². The first kappa shape index (κ1) is 42.2. The first-order valence-electron chi connectivity index (χ1n) is 12.2. The van der Waals surface area contributed by atoms with Crippen molar-refractivity contribution in [2.24, 2.45) is 5.73 Å². The molecule has 33 heavy (non-hydrogen) atoms. The van der Waals surface area contributed by atoms with Crippen LogP contribution in [0.4, 0.5) is 0 Å². The zero-order chi connectivity index (χ0) is 24.3. The second kappa shape index (κ2) is 35.6. The Bertz CT molecular complexity index is 498. The second-order valence-corrected chi connectivity index (χ2v) is 7.34. The maximum Gasteiger partial charge on any atom is 0.000281 e. The van der Waals surface area contributed by atoms with Crippen LogP contribution in [0.25, 0.3) is 0 Å². The number of hydrogen-bond donors (Lipinski definition) is 2. The van der Waals surface area contributed by atoms with E-state index in [-0.39, 0.29) is 16.8 Å². The van der Waals surface area contributed by atoms with Gasteiger partial charge < -0.3 is 11.1 Å². The molecule has 0 saturated heterocycles. The molecule has 0 saturated carbocycles. The van der Waals surface area contributed by atoms with Crippen molar-refractivity contribution >= 4 is 32.8 Å². The van der Waals surface area contributed by atoms with Gasteiger partial charge in [-0.3, -0.25) is 0 Å². The molecule has 2 aromatic carbocycles. The van der Waals surface area contributed by atoms with Crippen molar-refractivity contribution in [1.29, 1.82) is 0 Å². The van der Waals surface area contributed by atoms with Crippen LogP contribution in [0.15, 0.2) is 48.5 Å². The van der Waals surface area contributed by atoms with E-state index >= 15 is 0 Å². The third kappa shape index (κ3) is 22.5. The van der Waals surface area contributed by atoms with Gasteiger partial charge in [-0.2, -0.15) is 0 Å². The molecule has 3 N–H and O–H groups in total. The van der Waals surface area contributed by atoms with Gasteiger partial charge in [0, 0.05) is 22.2 Å². The van der Waals surface area contributed by atoms with Crippen LogP contribution in [0.5, 0.6) is 0 Å². The predicted octanol–water partition coefficient (Wildman–Crippen LogP) is 6.84. The number of alkyl halides is 1. The number of fused-ring (bicyclic) bond motifs is 2. The molecule has 4 rings (SSSR count). The van der Waals surface area contributed by atoms with Gasteiger partial charge in [0.2, 0.25) is 0 Å². The molecule has 2 nitrogen and oxygen atoms in total. The van der Waals surface area contributed by atoms with Gasteiger partial charge in [-0.1, -0.05) is 106 Å². The minimum Gasteiger partial charge on any atom is -0.333 e. The lowest BCUT2D eigenvalue weighted by atomic mass is 10.1. The summed E-state index contributed by atoms with van der Waals surface area (Å²) in [5.41, 5.74) is 10.8. The van der Waals surface area contributed by atoms with Gasteiger partial charge in [-0.25, -0.2) is 0 Å². The normalized spacial score (nSPS) is 10.5. The summed E-state index contributed by atoms with van der Waals surface area (Å²) in [5, 5.41) is 3.99. The Morgan fingerprint density at radius 1 is 0.667 bits per heavy atom. The van der Waals surface area contributed by atoms with Crippen LogP contribution in [0, 0.1) is 0 Å². The van der Waals surface area contributed by atoms with Crippen molar-refractivity contribution in [2.75, 3.05) is 26.0 Å². The van der Waals surface area contributed by atoms with Gasteiger partial charge in [-0.05, 0) is 81.4 Å². The molecule has 6 radical (unpaired) electrons. The minimum absolute atomic E-state index is 0. The monoisotopic (exact) mass is 516 g/mol. The van der Waals surface area contributed by atoms with Crippen LogP contribution in [0.3, 0.4) is 0 Å². The first-order valence-corrected chi connectivity index (χ1v) is 13.3. The summed E-state index contributed by atoms with van der Waals surface area (Å²) in [6.45, 7) is 13.2. The lowest BCUT2D eigenvalue weighted by Crippen LogP contribution is -2.01. The second-order valence-electron chi connectivity index (χ2n) is 6.22. The third-order valence-corrected chi connectivity index (χ3v) is 4.37. The van der Waals surface area contributed by atoms with E-state index in [0.29, 0.717) is 0 Å². The molecule has 0 bridgehead atoms. The van der Waals surface area contributed by atoms with Crippen molar-refractivity contribution in [3.63, 3.8) is 0 Å². The summed E-state index contributed by atoms with van der Waals surface area (Å²) in [7, 11) is 3.43. The number of aryl methyl sites for hydroxylation is 4. The third-order valence-electron chi connectivity index (χ3n) is 4.37. The highest BCUT2D eigenvalue weighted by Gasteiger charge is 2.07. The first-order chi connectivity index (χ1) is 15.3. The fraction of sp³-hybridized carbons (Fsp3) is 0.571. The maximum atomic E-state index is 4.50. The van der Waals surface area contributed by atoms with Gasteiger partial charge in [-0.15, -0.1) is 0 Å². The van der Waals surface area contributed by atoms with E-state index in [9.17, 15) is 0 Å². The Morgan fingerprint density at radius 2 is 0.848 bits per heavy atom. The molecule has 186 valence electrons. The Labute approximate surface area is 220 Å². The summed E-state index contributed by atoms with van der Waals surface area (Å²) >= 11 is 3.15. The highest BCUT2D eigenvalue weighted by atomic mass is 79.9. The average molecular weight is 517 g/mol. The Balaban J connectivity index is -0.000000103. The highest BCUT2D eigenvalue weighted by molar-refractivity contribution is 9.09. The van der Waals surface area contributed by atoms with E-state index in [2.05, 4.69) is 82.4 Å². The van der Waals surface area contributed by atoms with Gasteiger partial charge in [0.15, 0.2) is 0 Å². The van der Waals surface area contributed by atoms with Crippen LogP contribution in [-0.2, 0) is 25.7 Å². The van der Waals surface area contributed by atoms with Crippen LogP contribution in [0.1, 0.15) is 76.6 Å². The summed E-state index contributed by atoms with van der Waals surface area (Å²) in [6, 6.07) is 17.5. The molecule has 0 atom stereocenters. The lowest BCUT2D eigenvalue weighted by molar-refractivity contribution is 0.864. The molecular weight excluding hydrogens is 466 g/mol. The van der Waals surface area contributed by atoms with Crippen molar-refractivity contribution in [2.45, 2.75) is 80.1 Å². The van der Waals surface area contributed by atoms with Gasteiger partial charge in [0.25, 0.3) is 0 Å². The summed E-state index contributed by atoms with van der Waals surface area (Å²) in [4.78, 5) is 0. The molecule has 0 spiro atoms. The maximum absolute atomic E-state index is 4.50. The van der Waals surface area contributed by atoms with Crippen molar-refractivity contribution in [3.8, 4) is 0 Å². The number of benzene rings is 2. The SMILES string of the molecule is CC.CC.CCBr.CCNC.CN.[B].[B].c1ccc2c(c1)CCC2.c1ccc2c(c1)CCC2. The fourth-order valence-corrected chi connectivity index (χ4v) is 3.03. The molecule has 5 heteroatoms. The van der Waals surface area contributed by atoms with Crippen molar-refractivity contribution in [1.82, 2.24) is 5.32 Å². The van der Waals surface area contributed by atoms with E-state index in [0.717, 1.165) is 11.9 Å². The number of hydrogen-bond acceptors (Lipinski definition) is 2. The van der Waals surface area contributed by atoms with E-state index < -0.39 is 0 Å². The number of rotatable bonds is 1. The molecule has 0 aliphatic heterocycles. The topological polar surface area (TPSA) is 38.0 Å². The van der Waals surface area contributed by atoms with Crippen LogP contribution in [-0.4, -0.2) is 42.8 Å². The largest absolute Gasteiger partial charge is 0.333 e. The number of nitrogens with two attached hydrogens (primary N) is 1. The summed E-state index contributed by atoms with van der Waals surface area (Å²) < 4.78 is 0. The lowest BCUT2D eigenvalue weighted by Gasteiger charge is -1.93. The molecule has 0 amide bonds. The molecule has 0 aromatic heterocycles. The minimum atomic E-state index is 0. The predicted molar refractivity (Wildman–Crippen MR) is 160 cm³/mol. The zero-order valence-corrected chi connectivity index (χ0v) is 24.5. The number of nitrogens with one attached hydrogen (secondary N) is 1. The van der Waals surface area contributed by atoms with Gasteiger partial charge in [0.05, 0.1) is 0 Å². The summed E-state index contributed by atoms with van der Waals surface area (Å²) in [6.07, 6.45) is 7.93. The smallest absolute Gasteiger partial charge is 0.000281 e. The standard InChI is InChI=1S/2C9H10.C3H9N.C2H5Br.2C2H6.CH5N.2B/c2*1-2-5-9-7-3-6-8(9)4-1;1-3-4-2;1-2-3;3*1-2;;/h2*1-2,4-5H,3,6-7H2;4H,3H2,1-2H3;2H2,1H3;2*1-2H3;2H2,1H3;;. The molecular formula is C28H51B2BrN2. The molecule has 0 fully saturated rings. The Kier molecular flexibility index (Phi) is 45.4. The Hall–Kier alpha value is -1.03. The quantitative estimate of drug-likeness (QED) is 0.321. The van der Waals surface area contributed by atoms with Crippen LogP contribution >= 0.6 is 15.9 Å². The van der Waals surface area contributed by atoms with E-state index in [1.807, 2.05) is 41.7 Å². The van der Waals surface area contributed by atoms with Crippen molar-refractivity contribution < 1.29 is 0 Å². The van der Waals surface area contributed by atoms with Crippen molar-refractivity contribution in [3.05, 3.63) is 70.8 Å². The van der Waals surface area contributed by atoms with Gasteiger partial charge in [0.1, 0.15) is 0 Å². The number of halogens is 1. The molecule has 0 heterocycles. The van der Waals surface area contributed by atoms with Crippen LogP contribution in [0.2, 0.25) is 0 Å². The molecule has 0 unspecified atom stereocenters. The highest BCUT2D eigenvalue weighted by Crippen LogP contribution is 2.20. The Morgan fingerprint density at radius 3 is 1.00 bits per heavy atom. The average Bonchev–Trinajstić information content (AvgIpc) is 3.53. The van der Waals surface area contributed by atoms with E-state index in [1.165, 1.54) is 45.6 Å².